The predicted molar refractivity (Wildman–Crippen MR) is 27.3 cm³/mol. The van der Waals surface area contributed by atoms with Gasteiger partial charge in [0.15, 0.2) is 0 Å². The number of carbonyl (C=O) groups is 1. The summed E-state index contributed by atoms with van der Waals surface area (Å²) >= 11 is 0. The highest BCUT2D eigenvalue weighted by atomic mass is 19.4. The highest BCUT2D eigenvalue weighted by Gasteiger charge is 2.43. The Morgan fingerprint density at radius 1 is 1.55 bits per heavy atom. The Bertz CT molecular complexity index is 142. The van der Waals surface area contributed by atoms with Crippen LogP contribution in [0.15, 0.2) is 0 Å². The van der Waals surface area contributed by atoms with Crippen molar-refractivity contribution in [3.8, 4) is 0 Å². The molecule has 0 aromatic carbocycles. The largest absolute Gasteiger partial charge is 0.457 e. The van der Waals surface area contributed by atoms with Crippen LogP contribution in [0.25, 0.3) is 0 Å². The van der Waals surface area contributed by atoms with E-state index in [2.05, 4.69) is 4.74 Å². The van der Waals surface area contributed by atoms with Crippen molar-refractivity contribution >= 4 is 5.97 Å². The summed E-state index contributed by atoms with van der Waals surface area (Å²) in [7, 11) is 0. The molecule has 0 rings (SSSR count). The quantitative estimate of drug-likeness (QED) is 0.471. The van der Waals surface area contributed by atoms with Gasteiger partial charge in [-0.05, 0) is 0 Å². The van der Waals surface area contributed by atoms with Crippen LogP contribution in [-0.4, -0.2) is 18.5 Å². The minimum absolute atomic E-state index is 0.281. The van der Waals surface area contributed by atoms with E-state index in [4.69, 9.17) is 0 Å². The minimum Gasteiger partial charge on any atom is -0.421 e. The van der Waals surface area contributed by atoms with Crippen LogP contribution < -0.4 is 0 Å². The van der Waals surface area contributed by atoms with Crippen molar-refractivity contribution in [2.75, 3.05) is 0 Å². The summed E-state index contributed by atoms with van der Waals surface area (Å²) in [5.74, 6) is -1.21. The van der Waals surface area contributed by atoms with E-state index in [9.17, 15) is 22.4 Å². The van der Waals surface area contributed by atoms with E-state index in [-0.39, 0.29) is 6.42 Å². The van der Waals surface area contributed by atoms with Crippen molar-refractivity contribution in [3.63, 3.8) is 0 Å². The fraction of sp³-hybridized carbons (Fsp3) is 0.800. The van der Waals surface area contributed by atoms with Gasteiger partial charge < -0.3 is 4.74 Å². The number of carbonyl (C=O) groups excluding carboxylic acids is 1. The number of rotatable bonds is 2. The van der Waals surface area contributed by atoms with E-state index in [1.165, 1.54) is 6.92 Å². The summed E-state index contributed by atoms with van der Waals surface area (Å²) in [6.45, 7) is 1.27. The van der Waals surface area contributed by atoms with Gasteiger partial charge in [0.1, 0.15) is 0 Å². The zero-order valence-electron chi connectivity index (χ0n) is 5.61. The molecule has 2 nitrogen and oxygen atoms in total. The van der Waals surface area contributed by atoms with Gasteiger partial charge in [-0.25, -0.2) is 0 Å². The van der Waals surface area contributed by atoms with E-state index in [1.54, 1.807) is 0 Å². The molecule has 0 saturated heterocycles. The van der Waals surface area contributed by atoms with E-state index < -0.39 is 18.5 Å². The summed E-state index contributed by atoms with van der Waals surface area (Å²) in [5.41, 5.74) is 0. The maximum absolute atomic E-state index is 11.8. The molecule has 0 aliphatic heterocycles. The Hall–Kier alpha value is -0.810. The summed E-state index contributed by atoms with van der Waals surface area (Å²) < 4.78 is 49.0. The van der Waals surface area contributed by atoms with Crippen LogP contribution in [0.4, 0.5) is 17.6 Å². The maximum Gasteiger partial charge on any atom is 0.457 e. The lowest BCUT2D eigenvalue weighted by molar-refractivity contribution is -0.258. The number of esters is 1. The van der Waals surface area contributed by atoms with Gasteiger partial charge >= 0.3 is 18.5 Å². The van der Waals surface area contributed by atoms with Crippen molar-refractivity contribution < 1.29 is 27.1 Å². The first-order valence-corrected chi connectivity index (χ1v) is 2.78. The van der Waals surface area contributed by atoms with Gasteiger partial charge in [0.2, 0.25) is 0 Å². The van der Waals surface area contributed by atoms with Gasteiger partial charge in [0, 0.05) is 6.42 Å². The minimum atomic E-state index is -5.12. The first-order chi connectivity index (χ1) is 4.88. The van der Waals surface area contributed by atoms with Crippen LogP contribution in [0.2, 0.25) is 0 Å². The smallest absolute Gasteiger partial charge is 0.421 e. The molecule has 0 spiro atoms. The molecule has 0 aliphatic carbocycles. The van der Waals surface area contributed by atoms with Crippen LogP contribution >= 0.6 is 0 Å². The molecule has 6 heteroatoms. The molecule has 0 aliphatic rings. The predicted octanol–water partition coefficient (Wildman–Crippen LogP) is 1.80. The molecule has 0 fully saturated rings. The molecule has 0 heterocycles. The number of hydrogen-bond acceptors (Lipinski definition) is 2. The molecular formula is C5H6F4O2. The topological polar surface area (TPSA) is 26.3 Å². The second-order valence-electron chi connectivity index (χ2n) is 1.70. The second kappa shape index (κ2) is 3.54. The molecule has 0 saturated carbocycles. The van der Waals surface area contributed by atoms with E-state index in [1.807, 2.05) is 0 Å². The molecule has 1 unspecified atom stereocenters. The lowest BCUT2D eigenvalue weighted by atomic mass is 10.5. The van der Waals surface area contributed by atoms with Gasteiger partial charge in [-0.3, -0.25) is 4.79 Å². The molecule has 0 aromatic rings. The van der Waals surface area contributed by atoms with Crippen LogP contribution in [0.1, 0.15) is 13.3 Å². The fourth-order valence-corrected chi connectivity index (χ4v) is 0.266. The molecule has 11 heavy (non-hydrogen) atoms. The maximum atomic E-state index is 11.8. The van der Waals surface area contributed by atoms with Gasteiger partial charge in [-0.2, -0.15) is 17.6 Å². The highest BCUT2D eigenvalue weighted by Crippen LogP contribution is 2.23. The lowest BCUT2D eigenvalue weighted by Gasteiger charge is -2.11. The van der Waals surface area contributed by atoms with Crippen LogP contribution in [0.3, 0.4) is 0 Å². The molecule has 0 radical (unpaired) electrons. The third-order valence-electron chi connectivity index (χ3n) is 0.781. The van der Waals surface area contributed by atoms with Crippen molar-refractivity contribution in [2.45, 2.75) is 25.9 Å². The van der Waals surface area contributed by atoms with Crippen LogP contribution in [0, 0.1) is 0 Å². The number of halogens is 4. The summed E-state index contributed by atoms with van der Waals surface area (Å²) in [6.07, 6.45) is -8.91. The Labute approximate surface area is 60.1 Å². The van der Waals surface area contributed by atoms with Gasteiger partial charge in [0.05, 0.1) is 0 Å². The van der Waals surface area contributed by atoms with Crippen molar-refractivity contribution in [1.29, 1.82) is 0 Å². The molecule has 0 amide bonds. The number of ether oxygens (including phenoxy) is 1. The molecule has 1 atom stereocenters. The Balaban J connectivity index is 3.87. The molecule has 0 N–H and O–H groups in total. The average Bonchev–Trinajstić information content (AvgIpc) is 1.85. The number of alkyl halides is 4. The van der Waals surface area contributed by atoms with Gasteiger partial charge in [-0.15, -0.1) is 0 Å². The van der Waals surface area contributed by atoms with Crippen LogP contribution in [0.5, 0.6) is 0 Å². The molecule has 66 valence electrons. The monoisotopic (exact) mass is 174 g/mol. The normalized spacial score (nSPS) is 14.3. The second-order valence-corrected chi connectivity index (χ2v) is 1.70. The van der Waals surface area contributed by atoms with Gasteiger partial charge in [0.25, 0.3) is 0 Å². The molecule has 0 bridgehead atoms. The SMILES string of the molecule is CCC(=O)OC(F)C(F)(F)F. The third-order valence-corrected chi connectivity index (χ3v) is 0.781. The average molecular weight is 174 g/mol. The summed E-state index contributed by atoms with van der Waals surface area (Å²) in [6, 6.07) is 0. The van der Waals surface area contributed by atoms with Crippen molar-refractivity contribution in [2.24, 2.45) is 0 Å². The van der Waals surface area contributed by atoms with E-state index in [0.717, 1.165) is 0 Å². The van der Waals surface area contributed by atoms with E-state index >= 15 is 0 Å². The van der Waals surface area contributed by atoms with Crippen LogP contribution in [-0.2, 0) is 9.53 Å². The number of hydrogen-bond donors (Lipinski definition) is 0. The standard InChI is InChI=1S/C5H6F4O2/c1-2-3(10)11-4(6)5(7,8)9/h4H,2H2,1H3. The third kappa shape index (κ3) is 3.79. The zero-order chi connectivity index (χ0) is 9.07. The molecular weight excluding hydrogens is 168 g/mol. The Morgan fingerprint density at radius 2 is 2.00 bits per heavy atom. The summed E-state index contributed by atoms with van der Waals surface area (Å²) in [4.78, 5) is 10.1. The fourth-order valence-electron chi connectivity index (χ4n) is 0.266. The highest BCUT2D eigenvalue weighted by molar-refractivity contribution is 5.69. The first-order valence-electron chi connectivity index (χ1n) is 2.78. The van der Waals surface area contributed by atoms with Gasteiger partial charge in [-0.1, -0.05) is 6.92 Å². The summed E-state index contributed by atoms with van der Waals surface area (Å²) in [5, 5.41) is 0. The van der Waals surface area contributed by atoms with Crippen molar-refractivity contribution in [3.05, 3.63) is 0 Å². The zero-order valence-corrected chi connectivity index (χ0v) is 5.61. The lowest BCUT2D eigenvalue weighted by Crippen LogP contribution is -2.29. The van der Waals surface area contributed by atoms with Crippen molar-refractivity contribution in [1.82, 2.24) is 0 Å². The first kappa shape index (κ1) is 10.2. The Morgan fingerprint density at radius 3 is 2.27 bits per heavy atom. The Kier molecular flexibility index (Phi) is 3.28. The van der Waals surface area contributed by atoms with E-state index in [0.29, 0.717) is 0 Å². The molecule has 0 aromatic heterocycles.